The van der Waals surface area contributed by atoms with Gasteiger partial charge in [0, 0.05) is 23.1 Å². The molecule has 22 heavy (non-hydrogen) atoms. The molecule has 0 unspecified atom stereocenters. The topological polar surface area (TPSA) is 36.1 Å². The number of hydrogen-bond acceptors (Lipinski definition) is 1. The van der Waals surface area contributed by atoms with Crippen molar-refractivity contribution in [3.05, 3.63) is 65.1 Å². The fraction of sp³-hybridized carbons (Fsp3) is 0.167. The van der Waals surface area contributed by atoms with Gasteiger partial charge in [0.1, 0.15) is 11.5 Å². The maximum atomic E-state index is 13.4. The second kappa shape index (κ2) is 4.70. The summed E-state index contributed by atoms with van der Waals surface area (Å²) >= 11 is 0. The van der Waals surface area contributed by atoms with Crippen LogP contribution in [0.4, 0.5) is 10.1 Å². The molecule has 1 aliphatic rings. The van der Waals surface area contributed by atoms with Gasteiger partial charge in [0.25, 0.3) is 5.91 Å². The number of aryl methyl sites for hydroxylation is 1. The summed E-state index contributed by atoms with van der Waals surface area (Å²) in [6, 6.07) is 12.5. The van der Waals surface area contributed by atoms with Crippen molar-refractivity contribution >= 4 is 22.5 Å². The number of carbonyl (C=O) groups is 1. The Kier molecular flexibility index (Phi) is 2.79. The van der Waals surface area contributed by atoms with Crippen LogP contribution in [0.5, 0.6) is 0 Å². The van der Waals surface area contributed by atoms with Crippen molar-refractivity contribution < 1.29 is 9.18 Å². The fourth-order valence-electron chi connectivity index (χ4n) is 3.20. The largest absolute Gasteiger partial charge is 0.350 e. The van der Waals surface area contributed by atoms with Gasteiger partial charge in [-0.15, -0.1) is 0 Å². The molecule has 0 atom stereocenters. The summed E-state index contributed by atoms with van der Waals surface area (Å²) < 4.78 is 13.4. The van der Waals surface area contributed by atoms with E-state index < -0.39 is 0 Å². The highest BCUT2D eigenvalue weighted by atomic mass is 19.1. The molecule has 1 N–H and O–H groups in total. The molecule has 0 spiro atoms. The van der Waals surface area contributed by atoms with Crippen LogP contribution in [0.1, 0.15) is 21.6 Å². The van der Waals surface area contributed by atoms with Gasteiger partial charge >= 0.3 is 0 Å². The summed E-state index contributed by atoms with van der Waals surface area (Å²) in [6.07, 6.45) is 0.871. The van der Waals surface area contributed by atoms with E-state index in [9.17, 15) is 9.18 Å². The van der Waals surface area contributed by atoms with Gasteiger partial charge in [0.15, 0.2) is 0 Å². The smallest absolute Gasteiger partial charge is 0.275 e. The SMILES string of the molecule is Cc1c(C(=O)N2CCc3ccccc32)[nH]c2ccc(F)cc12. The monoisotopic (exact) mass is 294 g/mol. The highest BCUT2D eigenvalue weighted by molar-refractivity contribution is 6.10. The third-order valence-corrected chi connectivity index (χ3v) is 4.37. The van der Waals surface area contributed by atoms with Crippen LogP contribution in [0.2, 0.25) is 0 Å². The van der Waals surface area contributed by atoms with Gasteiger partial charge in [0.2, 0.25) is 0 Å². The third kappa shape index (κ3) is 1.84. The number of H-pyrrole nitrogens is 1. The molecule has 1 amide bonds. The molecule has 2 aromatic carbocycles. The van der Waals surface area contributed by atoms with E-state index in [4.69, 9.17) is 0 Å². The van der Waals surface area contributed by atoms with Gasteiger partial charge in [-0.25, -0.2) is 4.39 Å². The molecule has 4 rings (SSSR count). The number of halogens is 1. The lowest BCUT2D eigenvalue weighted by Gasteiger charge is -2.17. The van der Waals surface area contributed by atoms with Crippen LogP contribution in [0.25, 0.3) is 10.9 Å². The molecule has 0 saturated heterocycles. The van der Waals surface area contributed by atoms with Crippen LogP contribution in [-0.4, -0.2) is 17.4 Å². The van der Waals surface area contributed by atoms with Crippen LogP contribution in [0.15, 0.2) is 42.5 Å². The van der Waals surface area contributed by atoms with Crippen LogP contribution >= 0.6 is 0 Å². The molecule has 3 aromatic rings. The molecule has 0 saturated carbocycles. The van der Waals surface area contributed by atoms with Crippen molar-refractivity contribution in [3.8, 4) is 0 Å². The molecule has 0 bridgehead atoms. The Morgan fingerprint density at radius 3 is 2.91 bits per heavy atom. The first-order valence-electron chi connectivity index (χ1n) is 7.33. The van der Waals surface area contributed by atoms with Crippen LogP contribution in [0.3, 0.4) is 0 Å². The van der Waals surface area contributed by atoms with Crippen molar-refractivity contribution in [1.82, 2.24) is 4.98 Å². The van der Waals surface area contributed by atoms with Crippen LogP contribution < -0.4 is 4.90 Å². The highest BCUT2D eigenvalue weighted by Gasteiger charge is 2.27. The standard InChI is InChI=1S/C18H15FN2O/c1-11-14-10-13(19)6-7-15(14)20-17(11)18(22)21-9-8-12-4-2-3-5-16(12)21/h2-7,10,20H,8-9H2,1H3. The highest BCUT2D eigenvalue weighted by Crippen LogP contribution is 2.31. The number of fused-ring (bicyclic) bond motifs is 2. The number of nitrogens with zero attached hydrogens (tertiary/aromatic N) is 1. The minimum absolute atomic E-state index is 0.0564. The van der Waals surface area contributed by atoms with Crippen molar-refractivity contribution in [3.63, 3.8) is 0 Å². The normalized spacial score (nSPS) is 13.6. The summed E-state index contributed by atoms with van der Waals surface area (Å²) in [7, 11) is 0. The fourth-order valence-corrected chi connectivity index (χ4v) is 3.20. The van der Waals surface area contributed by atoms with Gasteiger partial charge in [-0.05, 0) is 48.7 Å². The maximum Gasteiger partial charge on any atom is 0.275 e. The van der Waals surface area contributed by atoms with Gasteiger partial charge < -0.3 is 9.88 Å². The third-order valence-electron chi connectivity index (χ3n) is 4.37. The zero-order valence-corrected chi connectivity index (χ0v) is 12.2. The van der Waals surface area contributed by atoms with E-state index >= 15 is 0 Å². The first-order valence-corrected chi connectivity index (χ1v) is 7.33. The molecule has 0 radical (unpaired) electrons. The van der Waals surface area contributed by atoms with E-state index in [0.29, 0.717) is 12.2 Å². The van der Waals surface area contributed by atoms with Crippen molar-refractivity contribution in [2.75, 3.05) is 11.4 Å². The molecular weight excluding hydrogens is 279 g/mol. The number of anilines is 1. The molecule has 1 aliphatic heterocycles. The molecule has 2 heterocycles. The summed E-state index contributed by atoms with van der Waals surface area (Å²) in [4.78, 5) is 17.8. The van der Waals surface area contributed by atoms with Crippen molar-refractivity contribution in [1.29, 1.82) is 0 Å². The number of aromatic nitrogens is 1. The zero-order chi connectivity index (χ0) is 15.3. The first kappa shape index (κ1) is 13.1. The quantitative estimate of drug-likeness (QED) is 0.727. The lowest BCUT2D eigenvalue weighted by Crippen LogP contribution is -2.29. The van der Waals surface area contributed by atoms with Crippen molar-refractivity contribution in [2.24, 2.45) is 0 Å². The predicted molar refractivity (Wildman–Crippen MR) is 84.8 cm³/mol. The number of carbonyl (C=O) groups excluding carboxylic acids is 1. The summed E-state index contributed by atoms with van der Waals surface area (Å²) in [6.45, 7) is 2.54. The average molecular weight is 294 g/mol. The second-order valence-electron chi connectivity index (χ2n) is 5.65. The van der Waals surface area contributed by atoms with E-state index in [2.05, 4.69) is 11.1 Å². The number of hydrogen-bond donors (Lipinski definition) is 1. The molecule has 110 valence electrons. The number of rotatable bonds is 1. The van der Waals surface area contributed by atoms with Gasteiger partial charge in [-0.1, -0.05) is 18.2 Å². The molecule has 0 fully saturated rings. The van der Waals surface area contributed by atoms with E-state index in [-0.39, 0.29) is 11.7 Å². The second-order valence-corrected chi connectivity index (χ2v) is 5.65. The van der Waals surface area contributed by atoms with E-state index in [1.807, 2.05) is 25.1 Å². The number of benzene rings is 2. The Morgan fingerprint density at radius 2 is 2.05 bits per heavy atom. The average Bonchev–Trinajstić information content (AvgIpc) is 3.09. The molecule has 4 heteroatoms. The minimum Gasteiger partial charge on any atom is -0.350 e. The Hall–Kier alpha value is -2.62. The van der Waals surface area contributed by atoms with E-state index in [1.165, 1.54) is 17.7 Å². The predicted octanol–water partition coefficient (Wildman–Crippen LogP) is 3.82. The maximum absolute atomic E-state index is 13.4. The summed E-state index contributed by atoms with van der Waals surface area (Å²) in [5.41, 5.74) is 4.28. The molecule has 3 nitrogen and oxygen atoms in total. The minimum atomic E-state index is -0.292. The Labute approximate surface area is 127 Å². The molecule has 1 aromatic heterocycles. The van der Waals surface area contributed by atoms with Crippen LogP contribution in [0, 0.1) is 12.7 Å². The number of aromatic amines is 1. The van der Waals surface area contributed by atoms with Crippen molar-refractivity contribution in [2.45, 2.75) is 13.3 Å². The van der Waals surface area contributed by atoms with E-state index in [1.54, 1.807) is 11.0 Å². The molecule has 0 aliphatic carbocycles. The van der Waals surface area contributed by atoms with Gasteiger partial charge in [-0.2, -0.15) is 0 Å². The summed E-state index contributed by atoms with van der Waals surface area (Å²) in [5, 5.41) is 0.760. The Balaban J connectivity index is 1.80. The lowest BCUT2D eigenvalue weighted by molar-refractivity contribution is 0.0985. The van der Waals surface area contributed by atoms with Crippen LogP contribution in [-0.2, 0) is 6.42 Å². The number of para-hydroxylation sites is 1. The van der Waals surface area contributed by atoms with E-state index in [0.717, 1.165) is 28.6 Å². The Morgan fingerprint density at radius 1 is 1.23 bits per heavy atom. The molecular formula is C18H15FN2O. The number of nitrogens with one attached hydrogen (secondary N) is 1. The van der Waals surface area contributed by atoms with Gasteiger partial charge in [0.05, 0.1) is 0 Å². The van der Waals surface area contributed by atoms with Gasteiger partial charge in [-0.3, -0.25) is 4.79 Å². The lowest BCUT2D eigenvalue weighted by atomic mass is 10.1. The Bertz CT molecular complexity index is 897. The number of amides is 1. The zero-order valence-electron chi connectivity index (χ0n) is 12.2. The first-order chi connectivity index (χ1) is 10.6. The summed E-state index contributed by atoms with van der Waals surface area (Å²) in [5.74, 6) is -0.348.